The van der Waals surface area contributed by atoms with Crippen LogP contribution < -0.4 is 9.47 Å². The zero-order valence-electron chi connectivity index (χ0n) is 21.1. The van der Waals surface area contributed by atoms with Gasteiger partial charge >= 0.3 is 0 Å². The first-order valence-electron chi connectivity index (χ1n) is 12.0. The largest absolute Gasteiger partial charge is 0.497 e. The van der Waals surface area contributed by atoms with Crippen LogP contribution in [0.2, 0.25) is 0 Å². The highest BCUT2D eigenvalue weighted by Crippen LogP contribution is 2.35. The van der Waals surface area contributed by atoms with E-state index in [9.17, 15) is 9.59 Å². The zero-order valence-corrected chi connectivity index (χ0v) is 21.9. The van der Waals surface area contributed by atoms with E-state index in [4.69, 9.17) is 9.47 Å². The highest BCUT2D eigenvalue weighted by molar-refractivity contribution is 8.00. The molecule has 0 saturated carbocycles. The maximum Gasteiger partial charge on any atom is 0.257 e. The number of amides is 2. The zero-order chi connectivity index (χ0) is 25.7. The summed E-state index contributed by atoms with van der Waals surface area (Å²) in [6, 6.07) is 24.5. The van der Waals surface area contributed by atoms with Gasteiger partial charge in [0, 0.05) is 18.0 Å². The van der Waals surface area contributed by atoms with Gasteiger partial charge in [0.25, 0.3) is 5.91 Å². The first-order chi connectivity index (χ1) is 17.4. The van der Waals surface area contributed by atoms with E-state index < -0.39 is 11.4 Å². The number of rotatable bonds is 9. The molecule has 6 nitrogen and oxygen atoms in total. The van der Waals surface area contributed by atoms with Crippen molar-refractivity contribution in [2.24, 2.45) is 5.92 Å². The van der Waals surface area contributed by atoms with E-state index in [2.05, 4.69) is 0 Å². The minimum atomic E-state index is -0.671. The maximum absolute atomic E-state index is 14.1. The van der Waals surface area contributed by atoms with E-state index in [1.807, 2.05) is 92.7 Å². The molecule has 36 heavy (non-hydrogen) atoms. The highest BCUT2D eigenvalue weighted by atomic mass is 32.2. The smallest absolute Gasteiger partial charge is 0.257 e. The van der Waals surface area contributed by atoms with Crippen LogP contribution in [0.4, 0.5) is 0 Å². The number of thioether (sulfide) groups is 1. The van der Waals surface area contributed by atoms with E-state index >= 15 is 0 Å². The summed E-state index contributed by atoms with van der Waals surface area (Å²) in [5.74, 6) is 1.36. The number of nitrogens with zero attached hydrogens (tertiary/aromatic N) is 2. The third-order valence-electron chi connectivity index (χ3n) is 6.30. The third kappa shape index (κ3) is 5.68. The van der Waals surface area contributed by atoms with Gasteiger partial charge in [-0.2, -0.15) is 0 Å². The normalized spacial score (nSPS) is 18.0. The Labute approximate surface area is 217 Å². The first-order valence-corrected chi connectivity index (χ1v) is 12.9. The quantitative estimate of drug-likeness (QED) is 0.400. The van der Waals surface area contributed by atoms with Crippen molar-refractivity contribution >= 4 is 23.6 Å². The number of hydrogen-bond acceptors (Lipinski definition) is 5. The minimum absolute atomic E-state index is 0.0395. The monoisotopic (exact) mass is 504 g/mol. The van der Waals surface area contributed by atoms with Crippen molar-refractivity contribution in [1.29, 1.82) is 0 Å². The Morgan fingerprint density at radius 2 is 1.22 bits per heavy atom. The molecular formula is C29H32N2O4S. The van der Waals surface area contributed by atoms with Gasteiger partial charge in [0.1, 0.15) is 17.5 Å². The Balaban J connectivity index is 1.68. The first kappa shape index (κ1) is 25.6. The second-order valence-corrected chi connectivity index (χ2v) is 10.3. The van der Waals surface area contributed by atoms with Crippen LogP contribution in [0.15, 0.2) is 83.8 Å². The van der Waals surface area contributed by atoms with Gasteiger partial charge in [0.05, 0.1) is 14.2 Å². The van der Waals surface area contributed by atoms with Gasteiger partial charge in [-0.15, -0.1) is 0 Å². The summed E-state index contributed by atoms with van der Waals surface area (Å²) in [5, 5.41) is -0.671. The van der Waals surface area contributed by atoms with Crippen LogP contribution in [-0.2, 0) is 22.7 Å². The van der Waals surface area contributed by atoms with Crippen LogP contribution in [0.25, 0.3) is 0 Å². The van der Waals surface area contributed by atoms with Gasteiger partial charge in [0.15, 0.2) is 5.37 Å². The molecule has 0 aromatic heterocycles. The standard InChI is InChI=1S/C29H32N2O4S/c1-20(2)26-27(32)31(19-22-12-16-24(35-4)17-13-22)29(36-25-8-6-5-7-9-25)28(33)30(26)18-21-10-14-23(34-3)15-11-21/h5-17,20,26,29H,18-19H2,1-4H3/t26-,29+/m0/s1. The molecule has 2 atom stereocenters. The molecule has 0 unspecified atom stereocenters. The second-order valence-electron chi connectivity index (χ2n) is 9.10. The van der Waals surface area contributed by atoms with Crippen molar-refractivity contribution in [2.75, 3.05) is 14.2 Å². The van der Waals surface area contributed by atoms with Crippen molar-refractivity contribution in [3.05, 3.63) is 90.0 Å². The van der Waals surface area contributed by atoms with Crippen LogP contribution in [0.5, 0.6) is 11.5 Å². The van der Waals surface area contributed by atoms with Crippen molar-refractivity contribution in [3.8, 4) is 11.5 Å². The van der Waals surface area contributed by atoms with Crippen LogP contribution in [0.3, 0.4) is 0 Å². The molecule has 1 aliphatic heterocycles. The topological polar surface area (TPSA) is 59.1 Å². The lowest BCUT2D eigenvalue weighted by molar-refractivity contribution is -0.161. The molecule has 3 aromatic rings. The molecule has 0 N–H and O–H groups in total. The Bertz CT molecular complexity index is 1170. The van der Waals surface area contributed by atoms with Crippen LogP contribution >= 0.6 is 11.8 Å². The summed E-state index contributed by atoms with van der Waals surface area (Å²) in [5.41, 5.74) is 1.90. The molecule has 0 aliphatic carbocycles. The average Bonchev–Trinajstić information content (AvgIpc) is 2.90. The molecule has 1 fully saturated rings. The summed E-state index contributed by atoms with van der Waals surface area (Å²) in [6.45, 7) is 4.69. The maximum atomic E-state index is 14.1. The van der Waals surface area contributed by atoms with Gasteiger partial charge in [-0.1, -0.05) is 68.1 Å². The Morgan fingerprint density at radius 1 is 0.722 bits per heavy atom. The molecule has 4 rings (SSSR count). The van der Waals surface area contributed by atoms with E-state index in [0.29, 0.717) is 13.1 Å². The fraction of sp³-hybridized carbons (Fsp3) is 0.310. The van der Waals surface area contributed by atoms with Crippen molar-refractivity contribution in [3.63, 3.8) is 0 Å². The molecule has 0 spiro atoms. The van der Waals surface area contributed by atoms with Crippen LogP contribution in [0.1, 0.15) is 25.0 Å². The van der Waals surface area contributed by atoms with Crippen molar-refractivity contribution in [1.82, 2.24) is 9.80 Å². The van der Waals surface area contributed by atoms with E-state index in [-0.39, 0.29) is 17.7 Å². The fourth-order valence-electron chi connectivity index (χ4n) is 4.41. The lowest BCUT2D eigenvalue weighted by atomic mass is 9.96. The van der Waals surface area contributed by atoms with Crippen molar-refractivity contribution < 1.29 is 19.1 Å². The molecule has 188 valence electrons. The summed E-state index contributed by atoms with van der Waals surface area (Å²) in [7, 11) is 3.25. The summed E-state index contributed by atoms with van der Waals surface area (Å²) < 4.78 is 10.6. The summed E-state index contributed by atoms with van der Waals surface area (Å²) >= 11 is 1.41. The molecular weight excluding hydrogens is 472 g/mol. The Hall–Kier alpha value is -3.45. The predicted molar refractivity (Wildman–Crippen MR) is 142 cm³/mol. The summed E-state index contributed by atoms with van der Waals surface area (Å²) in [6.07, 6.45) is 0. The van der Waals surface area contributed by atoms with Crippen molar-refractivity contribution in [2.45, 2.75) is 43.2 Å². The van der Waals surface area contributed by atoms with Gasteiger partial charge in [-0.25, -0.2) is 0 Å². The van der Waals surface area contributed by atoms with E-state index in [0.717, 1.165) is 27.5 Å². The lowest BCUT2D eigenvalue weighted by Gasteiger charge is -2.46. The molecule has 2 amide bonds. The third-order valence-corrected chi connectivity index (χ3v) is 7.52. The van der Waals surface area contributed by atoms with Gasteiger partial charge < -0.3 is 19.3 Å². The number of benzene rings is 3. The number of carbonyl (C=O) groups is 2. The molecule has 3 aromatic carbocycles. The Kier molecular flexibility index (Phi) is 8.21. The van der Waals surface area contributed by atoms with E-state index in [1.54, 1.807) is 24.0 Å². The number of piperazine rings is 1. The van der Waals surface area contributed by atoms with Crippen LogP contribution in [0, 0.1) is 5.92 Å². The SMILES string of the molecule is COc1ccc(CN2C(=O)[C@H](C(C)C)N(Cc3ccc(OC)cc3)C(=O)[C@H]2Sc2ccccc2)cc1. The fourth-order valence-corrected chi connectivity index (χ4v) is 5.52. The van der Waals surface area contributed by atoms with Gasteiger partial charge in [-0.3, -0.25) is 9.59 Å². The number of ether oxygens (including phenoxy) is 2. The molecule has 0 bridgehead atoms. The number of carbonyl (C=O) groups excluding carboxylic acids is 2. The minimum Gasteiger partial charge on any atom is -0.497 e. The molecule has 1 aliphatic rings. The van der Waals surface area contributed by atoms with Gasteiger partial charge in [-0.05, 0) is 53.4 Å². The summed E-state index contributed by atoms with van der Waals surface area (Å²) in [4.78, 5) is 32.5. The van der Waals surface area contributed by atoms with E-state index in [1.165, 1.54) is 11.8 Å². The molecule has 7 heteroatoms. The predicted octanol–water partition coefficient (Wildman–Crippen LogP) is 5.22. The molecule has 1 heterocycles. The second kappa shape index (κ2) is 11.5. The molecule has 0 radical (unpaired) electrons. The van der Waals surface area contributed by atoms with Gasteiger partial charge in [0.2, 0.25) is 5.91 Å². The average molecular weight is 505 g/mol. The highest BCUT2D eigenvalue weighted by Gasteiger charge is 2.47. The number of methoxy groups -OCH3 is 2. The lowest BCUT2D eigenvalue weighted by Crippen LogP contribution is -2.64. The molecule has 1 saturated heterocycles. The van der Waals surface area contributed by atoms with Crippen LogP contribution in [-0.4, -0.2) is 47.2 Å². The number of hydrogen-bond donors (Lipinski definition) is 0. The Morgan fingerprint density at radius 3 is 1.69 bits per heavy atom.